The summed E-state index contributed by atoms with van der Waals surface area (Å²) >= 11 is 1.44. The van der Waals surface area contributed by atoms with E-state index in [1.807, 2.05) is 30.3 Å². The third-order valence-corrected chi connectivity index (χ3v) is 7.26. The molecule has 1 unspecified atom stereocenters. The molecule has 5 rings (SSSR count). The number of H-pyrrole nitrogens is 1. The number of aryl methyl sites for hydroxylation is 1. The highest BCUT2D eigenvalue weighted by Crippen LogP contribution is 2.29. The van der Waals surface area contributed by atoms with Gasteiger partial charge in [0.1, 0.15) is 0 Å². The van der Waals surface area contributed by atoms with Crippen LogP contribution in [0.4, 0.5) is 0 Å². The van der Waals surface area contributed by atoms with Crippen LogP contribution in [0, 0.1) is 0 Å². The number of benzene rings is 3. The van der Waals surface area contributed by atoms with Crippen LogP contribution in [0.3, 0.4) is 0 Å². The smallest absolute Gasteiger partial charge is 0.239 e. The molecule has 1 aromatic heterocycles. The van der Waals surface area contributed by atoms with Crippen LogP contribution in [0.2, 0.25) is 0 Å². The second kappa shape index (κ2) is 10.7. The highest BCUT2D eigenvalue weighted by Gasteiger charge is 2.30. The molecule has 1 aliphatic heterocycles. The first-order valence-corrected chi connectivity index (χ1v) is 12.9. The number of fused-ring (bicyclic) bond motifs is 1. The molecule has 35 heavy (non-hydrogen) atoms. The van der Waals surface area contributed by atoms with Crippen LogP contribution in [0.15, 0.2) is 89.1 Å². The molecule has 2 N–H and O–H groups in total. The van der Waals surface area contributed by atoms with Gasteiger partial charge in [0.2, 0.25) is 5.91 Å². The van der Waals surface area contributed by atoms with Gasteiger partial charge in [-0.25, -0.2) is 0 Å². The van der Waals surface area contributed by atoms with E-state index in [1.165, 1.54) is 30.2 Å². The predicted molar refractivity (Wildman–Crippen MR) is 147 cm³/mol. The van der Waals surface area contributed by atoms with E-state index < -0.39 is 0 Å². The Kier molecular flexibility index (Phi) is 7.09. The minimum absolute atomic E-state index is 0.0175. The number of carbonyl (C=O) groups is 1. The lowest BCUT2D eigenvalue weighted by atomic mass is 10.0. The number of nitrogens with one attached hydrogen (secondary N) is 2. The Morgan fingerprint density at radius 3 is 2.49 bits per heavy atom. The Morgan fingerprint density at radius 1 is 0.943 bits per heavy atom. The molecule has 1 saturated heterocycles. The highest BCUT2D eigenvalue weighted by molar-refractivity contribution is 8.15. The van der Waals surface area contributed by atoms with Crippen molar-refractivity contribution in [2.45, 2.75) is 37.9 Å². The molecule has 1 aliphatic rings. The molecule has 0 aliphatic carbocycles. The number of carbonyl (C=O) groups excluding carboxylic acids is 1. The molecule has 1 amide bonds. The van der Waals surface area contributed by atoms with Crippen LogP contribution in [0.25, 0.3) is 22.2 Å². The molecule has 3 aromatic carbocycles. The number of aromatic amines is 1. The van der Waals surface area contributed by atoms with Gasteiger partial charge in [0.15, 0.2) is 5.17 Å². The minimum Gasteiger partial charge on any atom is -0.354 e. The summed E-state index contributed by atoms with van der Waals surface area (Å²) in [4.78, 5) is 16.0. The normalized spacial score (nSPS) is 17.0. The van der Waals surface area contributed by atoms with E-state index in [-0.39, 0.29) is 11.2 Å². The summed E-state index contributed by atoms with van der Waals surface area (Å²) in [5.74, 6) is -0.0175. The van der Waals surface area contributed by atoms with Crippen LogP contribution >= 0.6 is 11.8 Å². The maximum atomic E-state index is 12.5. The van der Waals surface area contributed by atoms with Crippen LogP contribution in [0.1, 0.15) is 36.5 Å². The van der Waals surface area contributed by atoms with E-state index in [0.29, 0.717) is 11.6 Å². The van der Waals surface area contributed by atoms with Crippen LogP contribution in [0.5, 0.6) is 0 Å². The SMILES string of the molecule is CCCCc1ccc(CC2S/C(=N/N=C/c3c(-c4ccccc4)[nH]c4ccccc34)NC2=O)cc1. The van der Waals surface area contributed by atoms with E-state index in [4.69, 9.17) is 0 Å². The maximum absolute atomic E-state index is 12.5. The fraction of sp³-hybridized carbons (Fsp3) is 0.207. The van der Waals surface area contributed by atoms with Crippen molar-refractivity contribution in [2.75, 3.05) is 0 Å². The van der Waals surface area contributed by atoms with Gasteiger partial charge in [0.05, 0.1) is 17.2 Å². The monoisotopic (exact) mass is 480 g/mol. The van der Waals surface area contributed by atoms with Crippen LogP contribution < -0.4 is 5.32 Å². The number of aromatic nitrogens is 1. The molecular weight excluding hydrogens is 452 g/mol. The molecule has 0 saturated carbocycles. The van der Waals surface area contributed by atoms with E-state index in [0.717, 1.165) is 39.7 Å². The zero-order valence-corrected chi connectivity index (χ0v) is 20.5. The van der Waals surface area contributed by atoms with Crippen molar-refractivity contribution in [2.24, 2.45) is 10.2 Å². The molecule has 0 radical (unpaired) electrons. The molecule has 6 heteroatoms. The Hall–Kier alpha value is -3.64. The number of rotatable bonds is 8. The lowest BCUT2D eigenvalue weighted by Crippen LogP contribution is -2.25. The number of thioether (sulfide) groups is 1. The first-order valence-electron chi connectivity index (χ1n) is 12.0. The van der Waals surface area contributed by atoms with Gasteiger partial charge in [-0.2, -0.15) is 5.10 Å². The van der Waals surface area contributed by atoms with Gasteiger partial charge in [-0.15, -0.1) is 5.10 Å². The van der Waals surface area contributed by atoms with Crippen molar-refractivity contribution in [1.82, 2.24) is 10.3 Å². The topological polar surface area (TPSA) is 69.6 Å². The summed E-state index contributed by atoms with van der Waals surface area (Å²) < 4.78 is 0. The number of amidine groups is 1. The summed E-state index contributed by atoms with van der Waals surface area (Å²) in [5, 5.41) is 13.0. The van der Waals surface area contributed by atoms with Gasteiger partial charge in [-0.05, 0) is 42.0 Å². The maximum Gasteiger partial charge on any atom is 0.239 e. The van der Waals surface area contributed by atoms with Crippen molar-refractivity contribution in [3.8, 4) is 11.3 Å². The van der Waals surface area contributed by atoms with Gasteiger partial charge in [0, 0.05) is 16.5 Å². The lowest BCUT2D eigenvalue weighted by Gasteiger charge is -2.06. The summed E-state index contributed by atoms with van der Waals surface area (Å²) in [5.41, 5.74) is 6.62. The fourth-order valence-corrected chi connectivity index (χ4v) is 5.26. The Labute approximate surface area is 209 Å². The Balaban J connectivity index is 1.31. The lowest BCUT2D eigenvalue weighted by molar-refractivity contribution is -0.118. The Bertz CT molecular complexity index is 1370. The summed E-state index contributed by atoms with van der Waals surface area (Å²) in [6.45, 7) is 2.20. The summed E-state index contributed by atoms with van der Waals surface area (Å²) in [7, 11) is 0. The third kappa shape index (κ3) is 5.38. The molecular formula is C29H28N4OS. The van der Waals surface area contributed by atoms with Crippen LogP contribution in [-0.2, 0) is 17.6 Å². The van der Waals surface area contributed by atoms with E-state index in [9.17, 15) is 4.79 Å². The molecule has 5 nitrogen and oxygen atoms in total. The number of hydrogen-bond acceptors (Lipinski definition) is 4. The second-order valence-electron chi connectivity index (χ2n) is 8.69. The number of amides is 1. The van der Waals surface area contributed by atoms with Crippen molar-refractivity contribution in [1.29, 1.82) is 0 Å². The van der Waals surface area contributed by atoms with Gasteiger partial charge in [-0.3, -0.25) is 4.79 Å². The van der Waals surface area contributed by atoms with Gasteiger partial charge in [-0.1, -0.05) is 97.9 Å². The quantitative estimate of drug-likeness (QED) is 0.228. The minimum atomic E-state index is -0.196. The van der Waals surface area contributed by atoms with E-state index in [1.54, 1.807) is 6.21 Å². The molecule has 4 aromatic rings. The average Bonchev–Trinajstić information content (AvgIpc) is 3.44. The summed E-state index contributed by atoms with van der Waals surface area (Å²) in [6, 6.07) is 27.0. The number of unbranched alkanes of at least 4 members (excludes halogenated alkanes) is 1. The first-order chi connectivity index (χ1) is 17.2. The number of hydrogen-bond donors (Lipinski definition) is 2. The standard InChI is InChI=1S/C29H28N4OS/c1-2-3-9-20-14-16-21(17-15-20)18-26-28(34)32-29(35-26)33-30-19-24-23-12-7-8-13-25(23)31-27(24)22-10-5-4-6-11-22/h4-8,10-17,19,26,31H,2-3,9,18H2,1H3,(H,32,33,34)/b30-19+. The number of nitrogens with zero attached hydrogens (tertiary/aromatic N) is 2. The van der Waals surface area contributed by atoms with Gasteiger partial charge >= 0.3 is 0 Å². The highest BCUT2D eigenvalue weighted by atomic mass is 32.2. The number of para-hydroxylation sites is 1. The third-order valence-electron chi connectivity index (χ3n) is 6.18. The van der Waals surface area contributed by atoms with Crippen LogP contribution in [-0.4, -0.2) is 27.5 Å². The first kappa shape index (κ1) is 23.1. The summed E-state index contributed by atoms with van der Waals surface area (Å²) in [6.07, 6.45) is 5.94. The van der Waals surface area contributed by atoms with Gasteiger partial charge in [0.25, 0.3) is 0 Å². The molecule has 0 bridgehead atoms. The molecule has 0 spiro atoms. The van der Waals surface area contributed by atoms with Crippen molar-refractivity contribution < 1.29 is 4.79 Å². The zero-order valence-electron chi connectivity index (χ0n) is 19.7. The van der Waals surface area contributed by atoms with Gasteiger partial charge < -0.3 is 10.3 Å². The molecule has 176 valence electrons. The average molecular weight is 481 g/mol. The molecule has 2 heterocycles. The Morgan fingerprint density at radius 2 is 1.69 bits per heavy atom. The van der Waals surface area contributed by atoms with Crippen molar-refractivity contribution in [3.63, 3.8) is 0 Å². The van der Waals surface area contributed by atoms with Crippen molar-refractivity contribution in [3.05, 3.63) is 95.6 Å². The van der Waals surface area contributed by atoms with Crippen molar-refractivity contribution >= 4 is 40.0 Å². The predicted octanol–water partition coefficient (Wildman–Crippen LogP) is 6.34. The largest absolute Gasteiger partial charge is 0.354 e. The van der Waals surface area contributed by atoms with E-state index in [2.05, 4.69) is 76.0 Å². The zero-order chi connectivity index (χ0) is 24.0. The molecule has 1 fully saturated rings. The van der Waals surface area contributed by atoms with E-state index >= 15 is 0 Å². The molecule has 1 atom stereocenters. The fourth-order valence-electron chi connectivity index (χ4n) is 4.29. The second-order valence-corrected chi connectivity index (χ2v) is 9.89.